The molecule has 3 N–H and O–H groups in total. The second-order valence-electron chi connectivity index (χ2n) is 6.51. The number of rotatable bonds is 3. The van der Waals surface area contributed by atoms with E-state index in [9.17, 15) is 9.18 Å². The first-order chi connectivity index (χ1) is 12.6. The zero-order chi connectivity index (χ0) is 18.3. The van der Waals surface area contributed by atoms with Gasteiger partial charge in [0.1, 0.15) is 11.6 Å². The smallest absolute Gasteiger partial charge is 0.250 e. The summed E-state index contributed by atoms with van der Waals surface area (Å²) in [6.45, 7) is 0.732. The molecule has 0 radical (unpaired) electrons. The predicted octanol–water partition coefficient (Wildman–Crippen LogP) is 4.45. The number of benzene rings is 2. The minimum absolute atomic E-state index is 0.00553. The molecule has 1 aliphatic heterocycles. The maximum absolute atomic E-state index is 15.0. The van der Waals surface area contributed by atoms with Crippen molar-refractivity contribution in [2.45, 2.75) is 25.4 Å². The molecule has 4 rings (SSSR count). The molecule has 2 aromatic carbocycles. The van der Waals surface area contributed by atoms with Crippen molar-refractivity contribution in [2.24, 2.45) is 5.73 Å². The average molecular weight is 356 g/mol. The molecule has 1 saturated heterocycles. The summed E-state index contributed by atoms with van der Waals surface area (Å²) in [5.74, 6) is -2.26. The molecule has 134 valence electrons. The molecule has 1 aromatic heterocycles. The molecule has 3 aromatic rings. The van der Waals surface area contributed by atoms with E-state index in [2.05, 4.69) is 4.98 Å². The number of aromatic amines is 1. The predicted molar refractivity (Wildman–Crippen MR) is 94.7 cm³/mol. The van der Waals surface area contributed by atoms with Crippen LogP contribution in [0.3, 0.4) is 0 Å². The molecule has 26 heavy (non-hydrogen) atoms. The van der Waals surface area contributed by atoms with Gasteiger partial charge in [0, 0.05) is 18.2 Å². The van der Waals surface area contributed by atoms with Gasteiger partial charge in [-0.15, -0.1) is 0 Å². The van der Waals surface area contributed by atoms with Crippen LogP contribution < -0.4 is 5.73 Å². The molecule has 1 atom stereocenters. The first-order valence-corrected chi connectivity index (χ1v) is 8.57. The van der Waals surface area contributed by atoms with Crippen molar-refractivity contribution in [3.8, 4) is 11.1 Å². The Hall–Kier alpha value is -2.73. The average Bonchev–Trinajstić information content (AvgIpc) is 3.07. The lowest BCUT2D eigenvalue weighted by molar-refractivity contribution is 0.0149. The molecular weight excluding hydrogens is 338 g/mol. The van der Waals surface area contributed by atoms with Crippen LogP contribution in [-0.2, 0) is 4.74 Å². The van der Waals surface area contributed by atoms with Crippen LogP contribution in [0.5, 0.6) is 0 Å². The highest BCUT2D eigenvalue weighted by Gasteiger charge is 2.22. The normalized spacial score (nSPS) is 17.5. The van der Waals surface area contributed by atoms with Crippen molar-refractivity contribution in [1.29, 1.82) is 0 Å². The standard InChI is InChI=1S/C20H18F2N2O2/c21-14-9-15-18(13(10-24-15)20(23)25)19(22)17(14)12-6-4-11(5-7-12)16-3-1-2-8-26-16/h4-7,9-10,16,24H,1-3,8H2,(H2,23,25). The molecule has 1 amide bonds. The third-order valence-electron chi connectivity index (χ3n) is 4.88. The van der Waals surface area contributed by atoms with E-state index in [1.165, 1.54) is 12.3 Å². The molecule has 2 heterocycles. The highest BCUT2D eigenvalue weighted by molar-refractivity contribution is 6.07. The monoisotopic (exact) mass is 356 g/mol. The third-order valence-corrected chi connectivity index (χ3v) is 4.88. The minimum atomic E-state index is -0.795. The Labute approximate surface area is 149 Å². The summed E-state index contributed by atoms with van der Waals surface area (Å²) in [7, 11) is 0. The fourth-order valence-corrected chi connectivity index (χ4v) is 3.55. The van der Waals surface area contributed by atoms with E-state index in [4.69, 9.17) is 10.5 Å². The number of carbonyl (C=O) groups is 1. The number of carbonyl (C=O) groups excluding carboxylic acids is 1. The number of nitrogens with one attached hydrogen (secondary N) is 1. The Morgan fingerprint density at radius 3 is 2.62 bits per heavy atom. The zero-order valence-electron chi connectivity index (χ0n) is 14.0. The van der Waals surface area contributed by atoms with Gasteiger partial charge in [-0.1, -0.05) is 24.3 Å². The number of H-pyrrole nitrogens is 1. The Morgan fingerprint density at radius 1 is 1.19 bits per heavy atom. The Kier molecular flexibility index (Phi) is 4.20. The first kappa shape index (κ1) is 16.7. The van der Waals surface area contributed by atoms with Crippen LogP contribution in [0.25, 0.3) is 22.0 Å². The lowest BCUT2D eigenvalue weighted by atomic mass is 9.96. The molecule has 0 spiro atoms. The number of amides is 1. The topological polar surface area (TPSA) is 68.1 Å². The summed E-state index contributed by atoms with van der Waals surface area (Å²) in [6.07, 6.45) is 4.43. The number of aromatic nitrogens is 1. The van der Waals surface area contributed by atoms with Crippen molar-refractivity contribution >= 4 is 16.8 Å². The highest BCUT2D eigenvalue weighted by Crippen LogP contribution is 2.35. The zero-order valence-corrected chi connectivity index (χ0v) is 14.0. The molecule has 4 nitrogen and oxygen atoms in total. The van der Waals surface area contributed by atoms with Crippen molar-refractivity contribution < 1.29 is 18.3 Å². The van der Waals surface area contributed by atoms with Crippen LogP contribution in [0, 0.1) is 11.6 Å². The first-order valence-electron chi connectivity index (χ1n) is 8.57. The van der Waals surface area contributed by atoms with E-state index >= 15 is 4.39 Å². The van der Waals surface area contributed by atoms with Gasteiger partial charge in [-0.2, -0.15) is 0 Å². The Balaban J connectivity index is 1.78. The number of halogens is 2. The lowest BCUT2D eigenvalue weighted by Crippen LogP contribution is -2.11. The second-order valence-corrected chi connectivity index (χ2v) is 6.51. The fourth-order valence-electron chi connectivity index (χ4n) is 3.55. The van der Waals surface area contributed by atoms with E-state index in [0.717, 1.165) is 31.4 Å². The molecule has 0 bridgehead atoms. The molecule has 1 fully saturated rings. The van der Waals surface area contributed by atoms with Gasteiger partial charge in [-0.05, 0) is 36.5 Å². The number of fused-ring (bicyclic) bond motifs is 1. The lowest BCUT2D eigenvalue weighted by Gasteiger charge is -2.23. The van der Waals surface area contributed by atoms with Gasteiger partial charge >= 0.3 is 0 Å². The summed E-state index contributed by atoms with van der Waals surface area (Å²) in [6, 6.07) is 8.20. The summed E-state index contributed by atoms with van der Waals surface area (Å²) in [5.41, 5.74) is 6.72. The third kappa shape index (κ3) is 2.76. The Bertz CT molecular complexity index is 974. The van der Waals surface area contributed by atoms with Crippen molar-refractivity contribution in [2.75, 3.05) is 6.61 Å². The molecule has 1 aliphatic rings. The maximum atomic E-state index is 15.0. The summed E-state index contributed by atoms with van der Waals surface area (Å²) in [5, 5.41) is 0.00795. The van der Waals surface area contributed by atoms with E-state index in [1.54, 1.807) is 12.1 Å². The highest BCUT2D eigenvalue weighted by atomic mass is 19.1. The van der Waals surface area contributed by atoms with Crippen molar-refractivity contribution in [1.82, 2.24) is 4.98 Å². The maximum Gasteiger partial charge on any atom is 0.250 e. The molecular formula is C20H18F2N2O2. The Morgan fingerprint density at radius 2 is 1.96 bits per heavy atom. The number of hydrogen-bond donors (Lipinski definition) is 2. The number of primary amides is 1. The largest absolute Gasteiger partial charge is 0.374 e. The van der Waals surface area contributed by atoms with E-state index < -0.39 is 17.5 Å². The van der Waals surface area contributed by atoms with Gasteiger partial charge in [0.05, 0.1) is 22.7 Å². The van der Waals surface area contributed by atoms with Crippen LogP contribution in [0.4, 0.5) is 8.78 Å². The minimum Gasteiger partial charge on any atom is -0.374 e. The fraction of sp³-hybridized carbons (Fsp3) is 0.250. The van der Waals surface area contributed by atoms with Crippen molar-refractivity contribution in [3.05, 3.63) is 59.3 Å². The van der Waals surface area contributed by atoms with Gasteiger partial charge < -0.3 is 15.5 Å². The van der Waals surface area contributed by atoms with Gasteiger partial charge in [0.15, 0.2) is 0 Å². The van der Waals surface area contributed by atoms with Gasteiger partial charge in [0.25, 0.3) is 5.91 Å². The van der Waals surface area contributed by atoms with E-state index in [1.807, 2.05) is 12.1 Å². The SMILES string of the molecule is NC(=O)c1c[nH]c2cc(F)c(-c3ccc(C4CCCCO4)cc3)c(F)c12. The van der Waals surface area contributed by atoms with Crippen LogP contribution in [0.1, 0.15) is 41.3 Å². The number of ether oxygens (including phenoxy) is 1. The van der Waals surface area contributed by atoms with E-state index in [-0.39, 0.29) is 28.1 Å². The van der Waals surface area contributed by atoms with Crippen LogP contribution in [0.15, 0.2) is 36.5 Å². The number of nitrogens with two attached hydrogens (primary N) is 1. The summed E-state index contributed by atoms with van der Waals surface area (Å²) in [4.78, 5) is 14.2. The molecule has 0 aliphatic carbocycles. The van der Waals surface area contributed by atoms with Gasteiger partial charge in [-0.3, -0.25) is 4.79 Å². The summed E-state index contributed by atoms with van der Waals surface area (Å²) >= 11 is 0. The van der Waals surface area contributed by atoms with Crippen LogP contribution in [-0.4, -0.2) is 17.5 Å². The molecule has 0 saturated carbocycles. The van der Waals surface area contributed by atoms with Crippen LogP contribution >= 0.6 is 0 Å². The van der Waals surface area contributed by atoms with E-state index in [0.29, 0.717) is 5.56 Å². The van der Waals surface area contributed by atoms with Crippen molar-refractivity contribution in [3.63, 3.8) is 0 Å². The quantitative estimate of drug-likeness (QED) is 0.728. The van der Waals surface area contributed by atoms with Gasteiger partial charge in [0.2, 0.25) is 0 Å². The summed E-state index contributed by atoms with van der Waals surface area (Å²) < 4.78 is 35.3. The van der Waals surface area contributed by atoms with Crippen LogP contribution in [0.2, 0.25) is 0 Å². The molecule has 1 unspecified atom stereocenters. The van der Waals surface area contributed by atoms with Gasteiger partial charge in [-0.25, -0.2) is 8.78 Å². The second kappa shape index (κ2) is 6.53. The number of hydrogen-bond acceptors (Lipinski definition) is 2. The molecule has 6 heteroatoms.